The second-order valence-electron chi connectivity index (χ2n) is 4.55. The third-order valence-electron chi connectivity index (χ3n) is 3.09. The van der Waals surface area contributed by atoms with Crippen LogP contribution in [0.3, 0.4) is 0 Å². The van der Waals surface area contributed by atoms with Crippen molar-refractivity contribution in [3.8, 4) is 0 Å². The molecular formula is C13H17NO3. The molecule has 17 heavy (non-hydrogen) atoms. The molecule has 0 bridgehead atoms. The Morgan fingerprint density at radius 3 is 2.82 bits per heavy atom. The zero-order chi connectivity index (χ0) is 12.5. The highest BCUT2D eigenvalue weighted by molar-refractivity contribution is 5.92. The number of amides is 1. The molecule has 1 saturated heterocycles. The van der Waals surface area contributed by atoms with Crippen LogP contribution in [0.25, 0.3) is 6.08 Å². The van der Waals surface area contributed by atoms with Gasteiger partial charge in [-0.15, -0.1) is 0 Å². The van der Waals surface area contributed by atoms with E-state index in [-0.39, 0.29) is 5.91 Å². The number of nitrogens with zero attached hydrogens (tertiary/aromatic N) is 1. The van der Waals surface area contributed by atoms with Crippen molar-refractivity contribution in [1.29, 1.82) is 0 Å². The molecule has 0 saturated carbocycles. The van der Waals surface area contributed by atoms with Crippen LogP contribution in [0.1, 0.15) is 24.9 Å². The topological polar surface area (TPSA) is 53.7 Å². The Labute approximate surface area is 101 Å². The van der Waals surface area contributed by atoms with E-state index in [1.165, 1.54) is 6.08 Å². The molecule has 0 unspecified atom stereocenters. The molecule has 1 aliphatic rings. The summed E-state index contributed by atoms with van der Waals surface area (Å²) in [6.07, 6.45) is 3.81. The number of carbonyl (C=O) groups is 1. The van der Waals surface area contributed by atoms with Gasteiger partial charge < -0.3 is 14.4 Å². The van der Waals surface area contributed by atoms with Gasteiger partial charge in [0.15, 0.2) is 0 Å². The molecule has 0 spiro atoms. The number of β-amino-alcohol motifs (C(OH)–C–C–N with tert-alkyl or cyclic N) is 1. The number of carbonyl (C=O) groups excluding carboxylic acids is 1. The van der Waals surface area contributed by atoms with Crippen LogP contribution < -0.4 is 0 Å². The minimum atomic E-state index is -0.676. The first kappa shape index (κ1) is 11.9. The summed E-state index contributed by atoms with van der Waals surface area (Å²) in [5.74, 6) is 1.40. The van der Waals surface area contributed by atoms with E-state index in [9.17, 15) is 9.90 Å². The van der Waals surface area contributed by atoms with Crippen LogP contribution >= 0.6 is 0 Å². The third kappa shape index (κ3) is 2.58. The normalized spacial score (nSPS) is 18.4. The number of furan rings is 1. The Morgan fingerprint density at radius 2 is 2.29 bits per heavy atom. The average Bonchev–Trinajstić information content (AvgIpc) is 2.67. The van der Waals surface area contributed by atoms with Crippen LogP contribution in [-0.4, -0.2) is 34.6 Å². The van der Waals surface area contributed by atoms with Gasteiger partial charge in [0, 0.05) is 6.08 Å². The molecule has 0 atom stereocenters. The van der Waals surface area contributed by atoms with E-state index in [0.29, 0.717) is 25.3 Å². The molecule has 0 aliphatic carbocycles. The monoisotopic (exact) mass is 235 g/mol. The van der Waals surface area contributed by atoms with E-state index >= 15 is 0 Å². The van der Waals surface area contributed by atoms with Crippen LogP contribution in [0, 0.1) is 6.92 Å². The summed E-state index contributed by atoms with van der Waals surface area (Å²) in [6, 6.07) is 3.67. The molecule has 1 aromatic heterocycles. The highest BCUT2D eigenvalue weighted by Gasteiger charge is 2.41. The first-order chi connectivity index (χ1) is 8.02. The van der Waals surface area contributed by atoms with Crippen LogP contribution in [0.2, 0.25) is 0 Å². The smallest absolute Gasteiger partial charge is 0.246 e. The summed E-state index contributed by atoms with van der Waals surface area (Å²) in [6.45, 7) is 4.62. The Morgan fingerprint density at radius 1 is 1.59 bits per heavy atom. The predicted octanol–water partition coefficient (Wildman–Crippen LogP) is 1.58. The third-order valence-corrected chi connectivity index (χ3v) is 3.09. The Hall–Kier alpha value is -1.55. The molecule has 92 valence electrons. The molecule has 1 aliphatic heterocycles. The number of rotatable bonds is 3. The summed E-state index contributed by atoms with van der Waals surface area (Å²) in [7, 11) is 0. The van der Waals surface area contributed by atoms with Gasteiger partial charge in [0.2, 0.25) is 5.91 Å². The number of aliphatic hydroxyl groups is 1. The van der Waals surface area contributed by atoms with E-state index < -0.39 is 5.60 Å². The molecule has 1 fully saturated rings. The molecule has 1 N–H and O–H groups in total. The van der Waals surface area contributed by atoms with Crippen LogP contribution in [0.15, 0.2) is 22.6 Å². The van der Waals surface area contributed by atoms with Crippen molar-refractivity contribution in [3.63, 3.8) is 0 Å². The lowest BCUT2D eigenvalue weighted by atomic mass is 9.91. The van der Waals surface area contributed by atoms with Crippen LogP contribution in [0.5, 0.6) is 0 Å². The van der Waals surface area contributed by atoms with Crippen molar-refractivity contribution >= 4 is 12.0 Å². The largest absolute Gasteiger partial charge is 0.462 e. The fourth-order valence-corrected chi connectivity index (χ4v) is 1.85. The van der Waals surface area contributed by atoms with E-state index in [0.717, 1.165) is 5.76 Å². The molecule has 2 heterocycles. The summed E-state index contributed by atoms with van der Waals surface area (Å²) in [5.41, 5.74) is -0.676. The maximum Gasteiger partial charge on any atom is 0.246 e. The summed E-state index contributed by atoms with van der Waals surface area (Å²) >= 11 is 0. The average molecular weight is 235 g/mol. The van der Waals surface area contributed by atoms with E-state index in [4.69, 9.17) is 4.42 Å². The number of likely N-dealkylation sites (tertiary alicyclic amines) is 1. The van der Waals surface area contributed by atoms with Gasteiger partial charge >= 0.3 is 0 Å². The highest BCUT2D eigenvalue weighted by atomic mass is 16.3. The quantitative estimate of drug-likeness (QED) is 0.809. The molecule has 1 aromatic rings. The van der Waals surface area contributed by atoms with Crippen LogP contribution in [0.4, 0.5) is 0 Å². The number of hydrogen-bond donors (Lipinski definition) is 1. The zero-order valence-electron chi connectivity index (χ0n) is 10.1. The lowest BCUT2D eigenvalue weighted by molar-refractivity contribution is -0.150. The molecule has 4 nitrogen and oxygen atoms in total. The van der Waals surface area contributed by atoms with Crippen molar-refractivity contribution in [2.75, 3.05) is 13.1 Å². The first-order valence-electron chi connectivity index (χ1n) is 5.78. The SMILES string of the molecule is CCC1(O)CN(C(=O)/C=C/c2ccc(C)o2)C1. The van der Waals surface area contributed by atoms with Gasteiger partial charge in [-0.2, -0.15) is 0 Å². The van der Waals surface area contributed by atoms with Gasteiger partial charge in [-0.1, -0.05) is 6.92 Å². The van der Waals surface area contributed by atoms with Gasteiger partial charge in [0.25, 0.3) is 0 Å². The Balaban J connectivity index is 1.89. The summed E-state index contributed by atoms with van der Waals surface area (Å²) in [5, 5.41) is 9.79. The van der Waals surface area contributed by atoms with E-state index in [1.54, 1.807) is 11.0 Å². The maximum atomic E-state index is 11.7. The first-order valence-corrected chi connectivity index (χ1v) is 5.78. The van der Waals surface area contributed by atoms with Gasteiger partial charge in [0.1, 0.15) is 11.5 Å². The fraction of sp³-hybridized carbons (Fsp3) is 0.462. The number of hydrogen-bond acceptors (Lipinski definition) is 3. The molecule has 0 aromatic carbocycles. The minimum Gasteiger partial charge on any atom is -0.462 e. The zero-order valence-corrected chi connectivity index (χ0v) is 10.1. The van der Waals surface area contributed by atoms with E-state index in [1.807, 2.05) is 26.0 Å². The molecular weight excluding hydrogens is 218 g/mol. The van der Waals surface area contributed by atoms with Crippen molar-refractivity contribution in [1.82, 2.24) is 4.90 Å². The molecule has 1 amide bonds. The Bertz CT molecular complexity index is 441. The van der Waals surface area contributed by atoms with Crippen molar-refractivity contribution < 1.29 is 14.3 Å². The molecule has 0 radical (unpaired) electrons. The van der Waals surface area contributed by atoms with Gasteiger partial charge in [-0.05, 0) is 31.6 Å². The number of aryl methyl sites for hydroxylation is 1. The standard InChI is InChI=1S/C13H17NO3/c1-3-13(16)8-14(9-13)12(15)7-6-11-5-4-10(2)17-11/h4-7,16H,3,8-9H2,1-2H3/b7-6+. The van der Waals surface area contributed by atoms with Crippen molar-refractivity contribution in [3.05, 3.63) is 29.7 Å². The maximum absolute atomic E-state index is 11.7. The highest BCUT2D eigenvalue weighted by Crippen LogP contribution is 2.24. The Kier molecular flexibility index (Phi) is 3.07. The van der Waals surface area contributed by atoms with Crippen LogP contribution in [-0.2, 0) is 4.79 Å². The summed E-state index contributed by atoms with van der Waals surface area (Å²) in [4.78, 5) is 13.3. The van der Waals surface area contributed by atoms with Gasteiger partial charge in [-0.25, -0.2) is 0 Å². The molecule has 2 rings (SSSR count). The molecule has 4 heteroatoms. The predicted molar refractivity (Wildman–Crippen MR) is 64.3 cm³/mol. The second-order valence-corrected chi connectivity index (χ2v) is 4.55. The summed E-state index contributed by atoms with van der Waals surface area (Å²) < 4.78 is 5.32. The lowest BCUT2D eigenvalue weighted by Gasteiger charge is -2.45. The van der Waals surface area contributed by atoms with Crippen molar-refractivity contribution in [2.24, 2.45) is 0 Å². The van der Waals surface area contributed by atoms with Gasteiger partial charge in [-0.3, -0.25) is 4.79 Å². The second kappa shape index (κ2) is 4.37. The van der Waals surface area contributed by atoms with Crippen molar-refractivity contribution in [2.45, 2.75) is 25.9 Å². The van der Waals surface area contributed by atoms with E-state index in [2.05, 4.69) is 0 Å². The lowest BCUT2D eigenvalue weighted by Crippen LogP contribution is -2.62. The fourth-order valence-electron chi connectivity index (χ4n) is 1.85. The van der Waals surface area contributed by atoms with Gasteiger partial charge in [0.05, 0.1) is 18.7 Å². The minimum absolute atomic E-state index is 0.0859.